The zero-order chi connectivity index (χ0) is 28.0. The van der Waals surface area contributed by atoms with Gasteiger partial charge in [-0.25, -0.2) is 18.7 Å². The Morgan fingerprint density at radius 2 is 1.66 bits per heavy atom. The number of anilines is 1. The van der Waals surface area contributed by atoms with Crippen molar-refractivity contribution in [3.8, 4) is 5.75 Å². The van der Waals surface area contributed by atoms with E-state index in [4.69, 9.17) is 4.74 Å². The van der Waals surface area contributed by atoms with E-state index in [1.54, 1.807) is 0 Å². The van der Waals surface area contributed by atoms with Gasteiger partial charge in [-0.2, -0.15) is 17.5 Å². The number of rotatable bonds is 9. The lowest BCUT2D eigenvalue weighted by Gasteiger charge is -2.43. The van der Waals surface area contributed by atoms with Crippen LogP contribution in [0.5, 0.6) is 5.75 Å². The third-order valence-electron chi connectivity index (χ3n) is 6.74. The molecule has 2 amide bonds. The molecule has 1 aromatic rings. The Balaban J connectivity index is 1.64. The van der Waals surface area contributed by atoms with Crippen molar-refractivity contribution < 1.29 is 45.9 Å². The molecule has 38 heavy (non-hydrogen) atoms. The summed E-state index contributed by atoms with van der Waals surface area (Å²) in [7, 11) is -4.31. The molecule has 0 unspecified atom stereocenters. The van der Waals surface area contributed by atoms with Crippen LogP contribution in [-0.4, -0.2) is 98.2 Å². The van der Waals surface area contributed by atoms with Crippen molar-refractivity contribution in [1.82, 2.24) is 14.7 Å². The van der Waals surface area contributed by atoms with E-state index in [1.807, 2.05) is 29.2 Å². The number of piperidine rings is 1. The summed E-state index contributed by atoms with van der Waals surface area (Å²) in [6, 6.07) is 7.48. The number of halogens is 3. The highest BCUT2D eigenvalue weighted by molar-refractivity contribution is 7.91. The van der Waals surface area contributed by atoms with Crippen LogP contribution in [0.25, 0.3) is 0 Å². The van der Waals surface area contributed by atoms with Crippen LogP contribution in [0.4, 0.5) is 23.7 Å². The zero-order valence-corrected chi connectivity index (χ0v) is 21.9. The molecule has 2 heterocycles. The van der Waals surface area contributed by atoms with Crippen molar-refractivity contribution in [1.29, 1.82) is 0 Å². The van der Waals surface area contributed by atoms with Gasteiger partial charge in [-0.15, -0.1) is 0 Å². The number of piperazine rings is 1. The molecule has 2 aliphatic rings. The number of nitrogens with zero attached hydrogens (tertiary/aromatic N) is 3. The maximum absolute atomic E-state index is 13.6. The molecule has 0 radical (unpaired) electrons. The van der Waals surface area contributed by atoms with Gasteiger partial charge in [0.05, 0.1) is 6.61 Å². The lowest BCUT2D eigenvalue weighted by molar-refractivity contribution is -0.162. The monoisotopic (exact) mass is 566 g/mol. The highest BCUT2D eigenvalue weighted by atomic mass is 32.2. The molecule has 1 aromatic carbocycles. The normalized spacial score (nSPS) is 18.7. The summed E-state index contributed by atoms with van der Waals surface area (Å²) >= 11 is 0. The Morgan fingerprint density at radius 1 is 1.05 bits per heavy atom. The second-order valence-corrected chi connectivity index (χ2v) is 11.4. The zero-order valence-electron chi connectivity index (χ0n) is 21.1. The average Bonchev–Trinajstić information content (AvgIpc) is 2.91. The molecule has 2 fully saturated rings. The first kappa shape index (κ1) is 29.8. The van der Waals surface area contributed by atoms with Gasteiger partial charge in [-0.05, 0) is 43.5 Å². The highest BCUT2D eigenvalue weighted by Crippen LogP contribution is 2.35. The Hall–Kier alpha value is -2.78. The van der Waals surface area contributed by atoms with E-state index in [-0.39, 0.29) is 26.2 Å². The molecule has 3 rings (SSSR count). The number of hydroxylamine groups is 1. The first-order chi connectivity index (χ1) is 17.9. The molecule has 0 aromatic heterocycles. The number of carbonyl (C=O) groups excluding carboxylic acids is 2. The summed E-state index contributed by atoms with van der Waals surface area (Å²) in [5, 5.41) is 9.31. The fraction of sp³-hybridized carbons (Fsp3) is 0.652. The minimum absolute atomic E-state index is 0.0783. The van der Waals surface area contributed by atoms with Crippen LogP contribution in [0.15, 0.2) is 24.3 Å². The van der Waals surface area contributed by atoms with Gasteiger partial charge in [0.2, 0.25) is 10.0 Å². The Labute approximate surface area is 219 Å². The molecule has 214 valence electrons. The second kappa shape index (κ2) is 12.4. The Morgan fingerprint density at radius 3 is 2.18 bits per heavy atom. The van der Waals surface area contributed by atoms with Crippen molar-refractivity contribution in [3.63, 3.8) is 0 Å². The number of hydrogen-bond acceptors (Lipinski definition) is 8. The fourth-order valence-corrected chi connectivity index (χ4v) is 6.63. The number of likely N-dealkylation sites (tertiary alicyclic amines) is 1. The van der Waals surface area contributed by atoms with Gasteiger partial charge in [-0.1, -0.05) is 13.3 Å². The minimum atomic E-state index is -4.71. The molecule has 15 heteroatoms. The lowest BCUT2D eigenvalue weighted by atomic mass is 9.95. The van der Waals surface area contributed by atoms with Gasteiger partial charge in [-0.3, -0.25) is 10.0 Å². The molecule has 2 N–H and O–H groups in total. The third-order valence-corrected chi connectivity index (χ3v) is 9.37. The summed E-state index contributed by atoms with van der Waals surface area (Å²) in [6.07, 6.45) is -4.81. The number of sulfonamides is 1. The van der Waals surface area contributed by atoms with Crippen LogP contribution in [0.1, 0.15) is 32.6 Å². The number of alkyl halides is 3. The quantitative estimate of drug-likeness (QED) is 0.265. The first-order valence-electron chi connectivity index (χ1n) is 12.3. The van der Waals surface area contributed by atoms with E-state index in [9.17, 15) is 36.4 Å². The predicted molar refractivity (Wildman–Crippen MR) is 130 cm³/mol. The molecule has 0 atom stereocenters. The lowest BCUT2D eigenvalue weighted by Crippen LogP contribution is -2.64. The van der Waals surface area contributed by atoms with Crippen LogP contribution in [0.3, 0.4) is 0 Å². The molecular formula is C23H33F3N4O7S. The smallest absolute Gasteiger partial charge is 0.422 e. The van der Waals surface area contributed by atoms with Crippen molar-refractivity contribution in [2.75, 3.05) is 57.4 Å². The molecule has 2 saturated heterocycles. The van der Waals surface area contributed by atoms with E-state index in [0.717, 1.165) is 29.2 Å². The SMILES string of the molecule is CCCCOc1ccc(N2CCN(S(=O)(=O)C3(C(=O)NO)CCN(C(=O)OCC(F)(F)F)CC3)CC2)cc1. The van der Waals surface area contributed by atoms with Crippen LogP contribution < -0.4 is 15.1 Å². The highest BCUT2D eigenvalue weighted by Gasteiger charge is 2.55. The van der Waals surface area contributed by atoms with Gasteiger partial charge in [0.25, 0.3) is 5.91 Å². The molecule has 0 saturated carbocycles. The molecule has 2 aliphatic heterocycles. The van der Waals surface area contributed by atoms with Crippen molar-refractivity contribution >= 4 is 27.7 Å². The van der Waals surface area contributed by atoms with E-state index in [2.05, 4.69) is 11.7 Å². The predicted octanol–water partition coefficient (Wildman–Crippen LogP) is 2.36. The van der Waals surface area contributed by atoms with E-state index in [1.165, 1.54) is 9.79 Å². The van der Waals surface area contributed by atoms with Crippen LogP contribution in [0.2, 0.25) is 0 Å². The summed E-state index contributed by atoms with van der Waals surface area (Å²) in [5.41, 5.74) is 2.30. The van der Waals surface area contributed by atoms with Crippen LogP contribution in [-0.2, 0) is 19.6 Å². The minimum Gasteiger partial charge on any atom is -0.494 e. The average molecular weight is 567 g/mol. The molecular weight excluding hydrogens is 533 g/mol. The molecule has 0 aliphatic carbocycles. The summed E-state index contributed by atoms with van der Waals surface area (Å²) in [5.74, 6) is -0.407. The summed E-state index contributed by atoms with van der Waals surface area (Å²) in [4.78, 5) is 27.6. The van der Waals surface area contributed by atoms with Crippen LogP contribution >= 0.6 is 0 Å². The van der Waals surface area contributed by atoms with Crippen molar-refractivity contribution in [2.45, 2.75) is 43.5 Å². The Kier molecular flexibility index (Phi) is 9.70. The molecule has 0 bridgehead atoms. The number of unbranched alkanes of at least 4 members (excludes halogenated alkanes) is 1. The van der Waals surface area contributed by atoms with E-state index >= 15 is 0 Å². The fourth-order valence-electron chi connectivity index (χ4n) is 4.51. The van der Waals surface area contributed by atoms with Crippen molar-refractivity contribution in [3.05, 3.63) is 24.3 Å². The van der Waals surface area contributed by atoms with Crippen molar-refractivity contribution in [2.24, 2.45) is 0 Å². The van der Waals surface area contributed by atoms with E-state index < -0.39 is 52.4 Å². The number of carbonyl (C=O) groups is 2. The first-order valence-corrected chi connectivity index (χ1v) is 13.8. The van der Waals surface area contributed by atoms with Gasteiger partial charge in [0.15, 0.2) is 11.4 Å². The molecule has 0 spiro atoms. The number of amides is 2. The number of ether oxygens (including phenoxy) is 2. The standard InChI is InChI=1S/C23H33F3N4O7S/c1-2-3-16-36-19-6-4-18(5-7-19)28-12-14-30(15-13-28)38(34,35)22(20(31)27-33)8-10-29(11-9-22)21(32)37-17-23(24,25)26/h4-7,33H,2-3,8-17H2,1H3,(H,27,31). The van der Waals surface area contributed by atoms with Gasteiger partial charge in [0.1, 0.15) is 5.75 Å². The number of benzene rings is 1. The molecule has 11 nitrogen and oxygen atoms in total. The maximum atomic E-state index is 13.6. The summed E-state index contributed by atoms with van der Waals surface area (Å²) in [6.45, 7) is 1.11. The maximum Gasteiger partial charge on any atom is 0.422 e. The van der Waals surface area contributed by atoms with E-state index in [0.29, 0.717) is 19.7 Å². The number of hydrogen-bond donors (Lipinski definition) is 2. The summed E-state index contributed by atoms with van der Waals surface area (Å²) < 4.78 is 73.4. The van der Waals surface area contributed by atoms with Gasteiger partial charge < -0.3 is 19.3 Å². The van der Waals surface area contributed by atoms with Gasteiger partial charge >= 0.3 is 12.3 Å². The second-order valence-electron chi connectivity index (χ2n) is 9.18. The van der Waals surface area contributed by atoms with Gasteiger partial charge in [0, 0.05) is 45.0 Å². The topological polar surface area (TPSA) is 129 Å². The largest absolute Gasteiger partial charge is 0.494 e. The Bertz CT molecular complexity index is 1050. The van der Waals surface area contributed by atoms with Crippen LogP contribution in [0, 0.1) is 0 Å². The number of nitrogens with one attached hydrogen (secondary N) is 1. The third kappa shape index (κ3) is 6.80.